The minimum atomic E-state index is -4.10. The Kier molecular flexibility index (Phi) is 20.9. The summed E-state index contributed by atoms with van der Waals surface area (Å²) in [5.41, 5.74) is 0.726. The van der Waals surface area contributed by atoms with Gasteiger partial charge in [-0.15, -0.1) is 0 Å². The van der Waals surface area contributed by atoms with Crippen LogP contribution in [0.5, 0.6) is 0 Å². The predicted molar refractivity (Wildman–Crippen MR) is 261 cm³/mol. The summed E-state index contributed by atoms with van der Waals surface area (Å²) in [5.74, 6) is 0. The van der Waals surface area contributed by atoms with Crippen molar-refractivity contribution in [3.8, 4) is 0 Å². The van der Waals surface area contributed by atoms with Gasteiger partial charge in [0.25, 0.3) is 10.1 Å². The van der Waals surface area contributed by atoms with E-state index in [9.17, 15) is 13.0 Å². The van der Waals surface area contributed by atoms with Gasteiger partial charge in [0.2, 0.25) is 0 Å². The SMILES string of the molecule is CCCCCCCCCCCCc1ccccc1S(=O)(=O)O.c1cc[c]([Sb]([c]2ccccc2)[c]2ccccc2)cc1.c1ccc(P(c2ccccc2)c2ccccc2)cc1. The molecular weight excluding hydrogens is 881 g/mol. The molecule has 0 aromatic heterocycles. The summed E-state index contributed by atoms with van der Waals surface area (Å²) in [6.07, 6.45) is 13.3. The maximum absolute atomic E-state index is 11.3. The third kappa shape index (κ3) is 15.9. The van der Waals surface area contributed by atoms with Crippen molar-refractivity contribution in [1.29, 1.82) is 0 Å². The van der Waals surface area contributed by atoms with Gasteiger partial charge >= 0.3 is 122 Å². The molecule has 60 heavy (non-hydrogen) atoms. The summed E-state index contributed by atoms with van der Waals surface area (Å²) < 4.78 is 36.3. The summed E-state index contributed by atoms with van der Waals surface area (Å²) in [6, 6.07) is 71.9. The van der Waals surface area contributed by atoms with Crippen LogP contribution in [0.1, 0.15) is 76.7 Å². The van der Waals surface area contributed by atoms with Gasteiger partial charge in [-0.25, -0.2) is 0 Å². The van der Waals surface area contributed by atoms with Crippen molar-refractivity contribution in [3.63, 3.8) is 0 Å². The van der Waals surface area contributed by atoms with Crippen LogP contribution in [0.3, 0.4) is 0 Å². The molecule has 6 heteroatoms. The molecule has 0 unspecified atom stereocenters. The quantitative estimate of drug-likeness (QED) is 0.0404. The Morgan fingerprint density at radius 1 is 0.400 bits per heavy atom. The van der Waals surface area contributed by atoms with E-state index in [1.807, 2.05) is 6.07 Å². The van der Waals surface area contributed by atoms with E-state index in [0.29, 0.717) is 6.42 Å². The predicted octanol–water partition coefficient (Wildman–Crippen LogP) is 11.0. The first-order chi connectivity index (χ1) is 29.5. The van der Waals surface area contributed by atoms with E-state index in [2.05, 4.69) is 189 Å². The van der Waals surface area contributed by atoms with Crippen molar-refractivity contribution in [2.45, 2.75) is 82.4 Å². The second kappa shape index (κ2) is 26.8. The Morgan fingerprint density at radius 3 is 1.05 bits per heavy atom. The Morgan fingerprint density at radius 2 is 0.700 bits per heavy atom. The fraction of sp³-hybridized carbons (Fsp3) is 0.222. The largest absolute Gasteiger partial charge is 0.0622 e. The van der Waals surface area contributed by atoms with Crippen LogP contribution in [-0.4, -0.2) is 33.2 Å². The number of hydrogen-bond donors (Lipinski definition) is 1. The van der Waals surface area contributed by atoms with E-state index < -0.39 is 38.2 Å². The first-order valence-electron chi connectivity index (χ1n) is 21.4. The van der Waals surface area contributed by atoms with Crippen molar-refractivity contribution in [1.82, 2.24) is 0 Å². The van der Waals surface area contributed by atoms with Crippen molar-refractivity contribution >= 4 is 64.7 Å². The minimum Gasteiger partial charge on any atom is -0.0622 e. The molecule has 3 nitrogen and oxygen atoms in total. The van der Waals surface area contributed by atoms with Crippen LogP contribution in [0.15, 0.2) is 211 Å². The van der Waals surface area contributed by atoms with Crippen LogP contribution < -0.4 is 26.4 Å². The molecule has 0 aliphatic carbocycles. The third-order valence-corrected chi connectivity index (χ3v) is 20.5. The van der Waals surface area contributed by atoms with Gasteiger partial charge in [-0.3, -0.25) is 4.55 Å². The molecule has 0 amide bonds. The molecule has 7 rings (SSSR count). The monoisotopic (exact) mass is 940 g/mol. The number of rotatable bonds is 18. The summed E-state index contributed by atoms with van der Waals surface area (Å²) in [7, 11) is -4.54. The molecule has 0 aliphatic heterocycles. The van der Waals surface area contributed by atoms with E-state index in [-0.39, 0.29) is 4.90 Å². The topological polar surface area (TPSA) is 54.4 Å². The maximum atomic E-state index is 11.3. The van der Waals surface area contributed by atoms with Crippen molar-refractivity contribution in [2.24, 2.45) is 0 Å². The van der Waals surface area contributed by atoms with E-state index in [1.165, 1.54) is 83.9 Å². The molecule has 0 fully saturated rings. The van der Waals surface area contributed by atoms with Gasteiger partial charge in [0.15, 0.2) is 0 Å². The van der Waals surface area contributed by atoms with E-state index in [4.69, 9.17) is 0 Å². The minimum absolute atomic E-state index is 0.0610. The van der Waals surface area contributed by atoms with Crippen molar-refractivity contribution < 1.29 is 13.0 Å². The average molecular weight is 942 g/mol. The molecule has 310 valence electrons. The van der Waals surface area contributed by atoms with Crippen LogP contribution in [-0.2, 0) is 16.5 Å². The maximum Gasteiger partial charge on any atom is -0.0134 e. The molecule has 0 bridgehead atoms. The van der Waals surface area contributed by atoms with Crippen molar-refractivity contribution in [3.05, 3.63) is 212 Å². The molecule has 0 saturated carbocycles. The standard InChI is InChI=1S/C18H30O3S.C18H15P.3C6H5.Sb/c1-2-3-4-5-6-7-8-9-10-11-14-17-15-12-13-16-18(17)22(19,20)21;1-4-10-16(11-5-1)19(17-12-6-2-7-13-17)18-14-8-3-9-15-18;3*1-2-4-6-5-3-1;/h12-13,15-16H,2-11,14H2,1H3,(H,19,20,21);1-15H;3*1-5H;. The Bertz CT molecular complexity index is 1970. The second-order valence-electron chi connectivity index (χ2n) is 14.7. The molecular formula is C54H60O3PSSb. The number of benzene rings is 7. The second-order valence-corrected chi connectivity index (χ2v) is 24.6. The Balaban J connectivity index is 0.000000171. The summed E-state index contributed by atoms with van der Waals surface area (Å²) in [4.78, 5) is 0.0610. The molecule has 0 atom stereocenters. The molecule has 0 radical (unpaired) electrons. The fourth-order valence-corrected chi connectivity index (χ4v) is 16.8. The molecule has 0 saturated heterocycles. The number of aryl methyl sites for hydroxylation is 1. The zero-order chi connectivity index (χ0) is 42.1. The van der Waals surface area contributed by atoms with Crippen LogP contribution in [0.25, 0.3) is 0 Å². The van der Waals surface area contributed by atoms with Gasteiger partial charge in [0.05, 0.1) is 4.90 Å². The molecule has 7 aromatic carbocycles. The van der Waals surface area contributed by atoms with Gasteiger partial charge in [-0.2, -0.15) is 8.42 Å². The van der Waals surface area contributed by atoms with Crippen molar-refractivity contribution in [2.75, 3.05) is 0 Å². The zero-order valence-electron chi connectivity index (χ0n) is 35.0. The van der Waals surface area contributed by atoms with Crippen LogP contribution in [0.2, 0.25) is 0 Å². The normalized spacial score (nSPS) is 11.0. The average Bonchev–Trinajstić information content (AvgIpc) is 3.30. The first kappa shape index (κ1) is 46.8. The van der Waals surface area contributed by atoms with E-state index in [1.54, 1.807) is 12.1 Å². The molecule has 0 heterocycles. The summed E-state index contributed by atoms with van der Waals surface area (Å²) in [5, 5.41) is 4.19. The fourth-order valence-electron chi connectivity index (χ4n) is 7.12. The Hall–Kier alpha value is -4.30. The van der Waals surface area contributed by atoms with Gasteiger partial charge in [0.1, 0.15) is 0 Å². The van der Waals surface area contributed by atoms with Gasteiger partial charge in [-0.05, 0) is 48.3 Å². The van der Waals surface area contributed by atoms with E-state index >= 15 is 0 Å². The van der Waals surface area contributed by atoms with Gasteiger partial charge < -0.3 is 0 Å². The van der Waals surface area contributed by atoms with Crippen LogP contribution in [0.4, 0.5) is 0 Å². The zero-order valence-corrected chi connectivity index (χ0v) is 39.2. The third-order valence-electron chi connectivity index (χ3n) is 10.1. The molecule has 1 N–H and O–H groups in total. The summed E-state index contributed by atoms with van der Waals surface area (Å²) >= 11 is -1.83. The van der Waals surface area contributed by atoms with Gasteiger partial charge in [0, 0.05) is 0 Å². The first-order valence-corrected chi connectivity index (χ1v) is 28.0. The molecule has 0 aliphatic rings. The molecule has 7 aromatic rings. The summed E-state index contributed by atoms with van der Waals surface area (Å²) in [6.45, 7) is 2.24. The Labute approximate surface area is 369 Å². The van der Waals surface area contributed by atoms with Crippen LogP contribution >= 0.6 is 7.92 Å². The number of hydrogen-bond acceptors (Lipinski definition) is 2. The van der Waals surface area contributed by atoms with Gasteiger partial charge in [-0.1, -0.05) is 174 Å². The molecule has 0 spiro atoms. The number of unbranched alkanes of at least 4 members (excludes halogenated alkanes) is 9. The smallest absolute Gasteiger partial charge is 0.0134 e. The van der Waals surface area contributed by atoms with Crippen LogP contribution in [0, 0.1) is 0 Å². The van der Waals surface area contributed by atoms with E-state index in [0.717, 1.165) is 18.4 Å².